The molecular weight excluding hydrogens is 278 g/mol. The minimum absolute atomic E-state index is 0.746. The summed E-state index contributed by atoms with van der Waals surface area (Å²) in [6.07, 6.45) is 5.53. The fourth-order valence-corrected chi connectivity index (χ4v) is 2.90. The van der Waals surface area contributed by atoms with E-state index in [1.54, 1.807) is 23.9 Å². The van der Waals surface area contributed by atoms with Crippen LogP contribution in [0.1, 0.15) is 10.6 Å². The molecule has 19 heavy (non-hydrogen) atoms. The summed E-state index contributed by atoms with van der Waals surface area (Å²) in [6.45, 7) is 2.86. The highest BCUT2D eigenvalue weighted by atomic mass is 35.5. The van der Waals surface area contributed by atoms with Crippen LogP contribution in [0.25, 0.3) is 10.6 Å². The van der Waals surface area contributed by atoms with Crippen molar-refractivity contribution in [3.05, 3.63) is 58.6 Å². The van der Waals surface area contributed by atoms with Gasteiger partial charge in [-0.05, 0) is 19.1 Å². The van der Waals surface area contributed by atoms with Crippen molar-refractivity contribution < 1.29 is 0 Å². The molecule has 0 aliphatic carbocycles. The normalized spacial score (nSPS) is 10.8. The number of aromatic nitrogens is 3. The van der Waals surface area contributed by atoms with Gasteiger partial charge >= 0.3 is 0 Å². The first-order chi connectivity index (χ1) is 9.22. The molecule has 1 aromatic carbocycles. The first-order valence-electron chi connectivity index (χ1n) is 5.90. The second kappa shape index (κ2) is 5.15. The number of benzene rings is 1. The van der Waals surface area contributed by atoms with Gasteiger partial charge in [-0.15, -0.1) is 11.3 Å². The Morgan fingerprint density at radius 1 is 1.26 bits per heavy atom. The van der Waals surface area contributed by atoms with Crippen molar-refractivity contribution in [2.24, 2.45) is 0 Å². The van der Waals surface area contributed by atoms with Gasteiger partial charge in [-0.25, -0.2) is 9.97 Å². The van der Waals surface area contributed by atoms with E-state index in [-0.39, 0.29) is 0 Å². The Bertz CT molecular complexity index is 671. The number of nitrogens with zero attached hydrogens (tertiary/aromatic N) is 3. The molecule has 0 saturated carbocycles. The molecule has 0 unspecified atom stereocenters. The van der Waals surface area contributed by atoms with Gasteiger partial charge in [0.1, 0.15) is 5.01 Å². The number of halogens is 1. The maximum atomic E-state index is 5.90. The first-order valence-corrected chi connectivity index (χ1v) is 7.10. The smallest absolute Gasteiger partial charge is 0.123 e. The van der Waals surface area contributed by atoms with Gasteiger partial charge < -0.3 is 4.57 Å². The van der Waals surface area contributed by atoms with Crippen molar-refractivity contribution >= 4 is 22.9 Å². The van der Waals surface area contributed by atoms with Crippen molar-refractivity contribution in [2.75, 3.05) is 0 Å². The van der Waals surface area contributed by atoms with Crippen LogP contribution in [-0.4, -0.2) is 14.5 Å². The molecule has 5 heteroatoms. The average Bonchev–Trinajstić information content (AvgIpc) is 3.02. The quantitative estimate of drug-likeness (QED) is 0.729. The highest BCUT2D eigenvalue weighted by Gasteiger charge is 2.09. The molecular formula is C14H12ClN3S. The van der Waals surface area contributed by atoms with Crippen molar-refractivity contribution in [3.63, 3.8) is 0 Å². The lowest BCUT2D eigenvalue weighted by atomic mass is 10.2. The average molecular weight is 290 g/mol. The minimum Gasteiger partial charge on any atom is -0.331 e. The third kappa shape index (κ3) is 2.69. The molecule has 96 valence electrons. The predicted molar refractivity (Wildman–Crippen MR) is 78.6 cm³/mol. The Morgan fingerprint density at radius 3 is 2.74 bits per heavy atom. The summed E-state index contributed by atoms with van der Waals surface area (Å²) in [7, 11) is 0. The molecule has 0 fully saturated rings. The molecule has 0 saturated heterocycles. The fraction of sp³-hybridized carbons (Fsp3) is 0.143. The Kier molecular flexibility index (Phi) is 3.36. The molecule has 3 aromatic rings. The van der Waals surface area contributed by atoms with E-state index in [2.05, 4.69) is 11.9 Å². The molecule has 2 aromatic heterocycles. The third-order valence-corrected chi connectivity index (χ3v) is 4.19. The van der Waals surface area contributed by atoms with Crippen molar-refractivity contribution in [2.45, 2.75) is 13.5 Å². The van der Waals surface area contributed by atoms with Crippen LogP contribution in [0, 0.1) is 6.92 Å². The maximum Gasteiger partial charge on any atom is 0.123 e. The summed E-state index contributed by atoms with van der Waals surface area (Å²) in [4.78, 5) is 9.99. The molecule has 3 nitrogen and oxygen atoms in total. The zero-order valence-electron chi connectivity index (χ0n) is 10.4. The molecule has 0 amide bonds. The zero-order chi connectivity index (χ0) is 13.2. The lowest BCUT2D eigenvalue weighted by Gasteiger charge is -1.99. The standard InChI is InChI=1S/C14H12ClN3S/c1-10-13(8-18-7-6-16-9-18)17-14(19-10)11-2-4-12(15)5-3-11/h2-7,9H,8H2,1H3. The van der Waals surface area contributed by atoms with E-state index in [1.165, 1.54) is 4.88 Å². The monoisotopic (exact) mass is 289 g/mol. The Morgan fingerprint density at radius 2 is 2.05 bits per heavy atom. The molecule has 0 atom stereocenters. The first kappa shape index (κ1) is 12.4. The van der Waals surface area contributed by atoms with Crippen molar-refractivity contribution in [1.82, 2.24) is 14.5 Å². The second-order valence-electron chi connectivity index (χ2n) is 4.26. The summed E-state index contributed by atoms with van der Waals surface area (Å²) >= 11 is 7.61. The van der Waals surface area contributed by atoms with Crippen molar-refractivity contribution in [1.29, 1.82) is 0 Å². The molecule has 0 radical (unpaired) electrons. The van der Waals surface area contributed by atoms with Crippen LogP contribution in [0.15, 0.2) is 43.0 Å². The number of aryl methyl sites for hydroxylation is 1. The maximum absolute atomic E-state index is 5.90. The van der Waals surface area contributed by atoms with Gasteiger partial charge in [-0.3, -0.25) is 0 Å². The molecule has 0 aliphatic heterocycles. The number of rotatable bonds is 3. The van der Waals surface area contributed by atoms with Crippen LogP contribution in [0.3, 0.4) is 0 Å². The summed E-state index contributed by atoms with van der Waals surface area (Å²) in [5, 5.41) is 1.78. The largest absolute Gasteiger partial charge is 0.331 e. The topological polar surface area (TPSA) is 30.7 Å². The lowest BCUT2D eigenvalue weighted by Crippen LogP contribution is -1.98. The van der Waals surface area contributed by atoms with E-state index in [1.807, 2.05) is 35.0 Å². The van der Waals surface area contributed by atoms with E-state index in [4.69, 9.17) is 16.6 Å². The predicted octanol–water partition coefficient (Wildman–Crippen LogP) is 4.02. The highest BCUT2D eigenvalue weighted by Crippen LogP contribution is 2.28. The zero-order valence-corrected chi connectivity index (χ0v) is 11.9. The molecule has 0 aliphatic rings. The van der Waals surface area contributed by atoms with Crippen LogP contribution in [0.4, 0.5) is 0 Å². The van der Waals surface area contributed by atoms with Crippen LogP contribution in [0.2, 0.25) is 5.02 Å². The molecule has 0 spiro atoms. The van der Waals surface area contributed by atoms with Gasteiger partial charge in [0.2, 0.25) is 0 Å². The van der Waals surface area contributed by atoms with Gasteiger partial charge in [0.05, 0.1) is 18.6 Å². The Balaban J connectivity index is 1.90. The van der Waals surface area contributed by atoms with Crippen LogP contribution < -0.4 is 0 Å². The van der Waals surface area contributed by atoms with Gasteiger partial charge in [0.25, 0.3) is 0 Å². The van der Waals surface area contributed by atoms with E-state index >= 15 is 0 Å². The fourth-order valence-electron chi connectivity index (χ4n) is 1.84. The van der Waals surface area contributed by atoms with Gasteiger partial charge in [0, 0.05) is 27.9 Å². The lowest BCUT2D eigenvalue weighted by molar-refractivity contribution is 0.775. The highest BCUT2D eigenvalue weighted by molar-refractivity contribution is 7.15. The van der Waals surface area contributed by atoms with E-state index in [0.717, 1.165) is 27.8 Å². The minimum atomic E-state index is 0.746. The summed E-state index contributed by atoms with van der Waals surface area (Å²) in [5.74, 6) is 0. The van der Waals surface area contributed by atoms with E-state index in [0.29, 0.717) is 0 Å². The van der Waals surface area contributed by atoms with Gasteiger partial charge in [-0.2, -0.15) is 0 Å². The summed E-state index contributed by atoms with van der Waals surface area (Å²) in [5.41, 5.74) is 2.20. The Labute approximate surface area is 120 Å². The number of hydrogen-bond acceptors (Lipinski definition) is 3. The van der Waals surface area contributed by atoms with Crippen LogP contribution >= 0.6 is 22.9 Å². The Hall–Kier alpha value is -1.65. The number of hydrogen-bond donors (Lipinski definition) is 0. The van der Waals surface area contributed by atoms with E-state index in [9.17, 15) is 0 Å². The van der Waals surface area contributed by atoms with Crippen LogP contribution in [-0.2, 0) is 6.54 Å². The molecule has 0 N–H and O–H groups in total. The van der Waals surface area contributed by atoms with E-state index < -0.39 is 0 Å². The number of thiazole rings is 1. The van der Waals surface area contributed by atoms with Gasteiger partial charge in [0.15, 0.2) is 0 Å². The van der Waals surface area contributed by atoms with Crippen molar-refractivity contribution in [3.8, 4) is 10.6 Å². The summed E-state index contributed by atoms with van der Waals surface area (Å²) < 4.78 is 2.02. The third-order valence-electron chi connectivity index (χ3n) is 2.88. The number of imidazole rings is 1. The summed E-state index contributed by atoms with van der Waals surface area (Å²) in [6, 6.07) is 7.79. The molecule has 2 heterocycles. The van der Waals surface area contributed by atoms with Crippen LogP contribution in [0.5, 0.6) is 0 Å². The molecule has 0 bridgehead atoms. The second-order valence-corrected chi connectivity index (χ2v) is 5.90. The SMILES string of the molecule is Cc1sc(-c2ccc(Cl)cc2)nc1Cn1ccnc1. The molecule has 3 rings (SSSR count). The van der Waals surface area contributed by atoms with Gasteiger partial charge in [-0.1, -0.05) is 23.7 Å².